The second-order valence-electron chi connectivity index (χ2n) is 9.88. The molecule has 0 aliphatic carbocycles. The first kappa shape index (κ1) is 21.9. The molecule has 10 heteroatoms. The van der Waals surface area contributed by atoms with Gasteiger partial charge in [-0.05, 0) is 49.9 Å². The van der Waals surface area contributed by atoms with Gasteiger partial charge in [0.05, 0.1) is 28.5 Å². The lowest BCUT2D eigenvalue weighted by atomic mass is 9.97. The fraction of sp³-hybridized carbons (Fsp3) is 0.259. The van der Waals surface area contributed by atoms with Crippen molar-refractivity contribution in [3.05, 3.63) is 66.1 Å². The molecule has 8 nitrogen and oxygen atoms in total. The molecule has 2 fully saturated rings. The van der Waals surface area contributed by atoms with Gasteiger partial charge in [-0.25, -0.2) is 18.7 Å². The molecule has 7 rings (SSSR count). The van der Waals surface area contributed by atoms with Gasteiger partial charge in [0.1, 0.15) is 23.4 Å². The van der Waals surface area contributed by atoms with Gasteiger partial charge in [0, 0.05) is 47.0 Å². The molecule has 0 saturated carbocycles. The van der Waals surface area contributed by atoms with Crippen molar-refractivity contribution in [1.82, 2.24) is 24.6 Å². The van der Waals surface area contributed by atoms with Crippen LogP contribution in [0, 0.1) is 23.0 Å². The number of nitrogens with zero attached hydrogens (tertiary/aromatic N) is 6. The lowest BCUT2D eigenvalue weighted by Crippen LogP contribution is -2.48. The smallest absolute Gasteiger partial charge is 0.212 e. The van der Waals surface area contributed by atoms with E-state index in [1.165, 1.54) is 18.2 Å². The van der Waals surface area contributed by atoms with Gasteiger partial charge < -0.3 is 10.6 Å². The second kappa shape index (κ2) is 8.08. The highest BCUT2D eigenvalue weighted by Gasteiger charge is 2.42. The SMILES string of the molecule is N#Cc1ccc(-c2nc(N3C4CCC3CC(N)C4)n3ccnc3c2-c2cc3[nH]ncc3cc2F)cc1F. The van der Waals surface area contributed by atoms with Crippen molar-refractivity contribution in [3.63, 3.8) is 0 Å². The first-order valence-electron chi connectivity index (χ1n) is 12.3. The Kier molecular flexibility index (Phi) is 4.78. The maximum absolute atomic E-state index is 15.6. The van der Waals surface area contributed by atoms with Crippen molar-refractivity contribution < 1.29 is 8.78 Å². The van der Waals surface area contributed by atoms with Gasteiger partial charge in [0.15, 0.2) is 0 Å². The maximum atomic E-state index is 15.6. The number of nitriles is 1. The van der Waals surface area contributed by atoms with Crippen LogP contribution in [0.15, 0.2) is 48.9 Å². The Morgan fingerprint density at radius 3 is 2.65 bits per heavy atom. The number of aromatic nitrogens is 5. The van der Waals surface area contributed by atoms with E-state index in [1.54, 1.807) is 24.5 Å². The standard InChI is InChI=1S/C27H22F2N8/c28-21-7-14(1-2-15(21)12-30)25-24(20-11-23-16(8-22(20)29)13-33-35-23)26-32-5-6-36(26)27(34-25)37-18-3-4-19(37)10-17(31)9-18/h1-2,5-8,11,13,17-19H,3-4,9-10,31H2,(H,33,35). The molecule has 2 aliphatic rings. The van der Waals surface area contributed by atoms with Crippen LogP contribution in [0.2, 0.25) is 0 Å². The van der Waals surface area contributed by atoms with E-state index in [1.807, 2.05) is 16.7 Å². The van der Waals surface area contributed by atoms with Gasteiger partial charge in [0.2, 0.25) is 5.95 Å². The number of nitrogens with one attached hydrogen (secondary N) is 1. The average Bonchev–Trinajstić information content (AvgIpc) is 3.61. The van der Waals surface area contributed by atoms with Crippen LogP contribution in [0.4, 0.5) is 14.7 Å². The molecule has 184 valence electrons. The molecule has 0 radical (unpaired) electrons. The molecule has 2 aliphatic heterocycles. The van der Waals surface area contributed by atoms with Crippen LogP contribution < -0.4 is 10.6 Å². The third-order valence-corrected chi connectivity index (χ3v) is 7.69. The summed E-state index contributed by atoms with van der Waals surface area (Å²) in [4.78, 5) is 12.0. The molecular weight excluding hydrogens is 474 g/mol. The Morgan fingerprint density at radius 1 is 1.08 bits per heavy atom. The van der Waals surface area contributed by atoms with E-state index in [4.69, 9.17) is 10.7 Å². The predicted molar refractivity (Wildman–Crippen MR) is 135 cm³/mol. The van der Waals surface area contributed by atoms with E-state index in [2.05, 4.69) is 20.1 Å². The topological polar surface area (TPSA) is 112 Å². The van der Waals surface area contributed by atoms with Gasteiger partial charge in [-0.2, -0.15) is 10.4 Å². The number of halogens is 2. The molecule has 0 amide bonds. The van der Waals surface area contributed by atoms with Crippen molar-refractivity contribution >= 4 is 22.5 Å². The van der Waals surface area contributed by atoms with Crippen LogP contribution in [-0.2, 0) is 0 Å². The summed E-state index contributed by atoms with van der Waals surface area (Å²) in [5.74, 6) is -0.447. The van der Waals surface area contributed by atoms with E-state index in [0.29, 0.717) is 39.3 Å². The monoisotopic (exact) mass is 496 g/mol. The third-order valence-electron chi connectivity index (χ3n) is 7.69. The van der Waals surface area contributed by atoms with E-state index in [9.17, 15) is 9.65 Å². The lowest BCUT2D eigenvalue weighted by Gasteiger charge is -2.39. The highest BCUT2D eigenvalue weighted by molar-refractivity contribution is 5.95. The quantitative estimate of drug-likeness (QED) is 0.379. The van der Waals surface area contributed by atoms with Crippen LogP contribution in [-0.4, -0.2) is 42.7 Å². The van der Waals surface area contributed by atoms with E-state index < -0.39 is 11.6 Å². The van der Waals surface area contributed by atoms with Crippen LogP contribution in [0.3, 0.4) is 0 Å². The van der Waals surface area contributed by atoms with E-state index >= 15 is 4.39 Å². The summed E-state index contributed by atoms with van der Waals surface area (Å²) < 4.78 is 32.3. The van der Waals surface area contributed by atoms with Gasteiger partial charge >= 0.3 is 0 Å². The molecule has 0 spiro atoms. The number of nitrogens with two attached hydrogens (primary N) is 1. The number of piperidine rings is 1. The molecule has 2 atom stereocenters. The summed E-state index contributed by atoms with van der Waals surface area (Å²) in [6, 6.07) is 9.91. The molecule has 5 aromatic rings. The molecule has 5 heterocycles. The summed E-state index contributed by atoms with van der Waals surface area (Å²) >= 11 is 0. The molecule has 3 aromatic heterocycles. The number of anilines is 1. The molecule has 2 saturated heterocycles. The number of H-pyrrole nitrogens is 1. The van der Waals surface area contributed by atoms with Crippen molar-refractivity contribution in [2.24, 2.45) is 5.73 Å². The largest absolute Gasteiger partial charge is 0.336 e. The van der Waals surface area contributed by atoms with E-state index in [0.717, 1.165) is 25.7 Å². The van der Waals surface area contributed by atoms with Crippen molar-refractivity contribution in [2.75, 3.05) is 4.90 Å². The first-order valence-corrected chi connectivity index (χ1v) is 12.3. The van der Waals surface area contributed by atoms with Crippen LogP contribution in [0.1, 0.15) is 31.2 Å². The van der Waals surface area contributed by atoms with Gasteiger partial charge in [-0.3, -0.25) is 9.50 Å². The highest BCUT2D eigenvalue weighted by Crippen LogP contribution is 2.43. The molecule has 2 aromatic carbocycles. The zero-order valence-corrected chi connectivity index (χ0v) is 19.7. The number of rotatable bonds is 3. The normalized spacial score (nSPS) is 21.1. The Balaban J connectivity index is 1.53. The number of hydrogen-bond donors (Lipinski definition) is 2. The molecule has 2 bridgehead atoms. The predicted octanol–water partition coefficient (Wildman–Crippen LogP) is 4.55. The van der Waals surface area contributed by atoms with Crippen LogP contribution in [0.25, 0.3) is 38.9 Å². The number of imidazole rings is 1. The molecule has 37 heavy (non-hydrogen) atoms. The number of benzene rings is 2. The Bertz CT molecular complexity index is 1720. The second-order valence-corrected chi connectivity index (χ2v) is 9.88. The Morgan fingerprint density at radius 2 is 1.89 bits per heavy atom. The number of fused-ring (bicyclic) bond motifs is 4. The lowest BCUT2D eigenvalue weighted by molar-refractivity contribution is 0.408. The summed E-state index contributed by atoms with van der Waals surface area (Å²) in [5.41, 5.74) is 8.96. The minimum atomic E-state index is -0.661. The summed E-state index contributed by atoms with van der Waals surface area (Å²) in [6.07, 6.45) is 8.81. The fourth-order valence-corrected chi connectivity index (χ4v) is 6.06. The first-order chi connectivity index (χ1) is 18.0. The third kappa shape index (κ3) is 3.31. The maximum Gasteiger partial charge on any atom is 0.212 e. The summed E-state index contributed by atoms with van der Waals surface area (Å²) in [5, 5.41) is 16.8. The minimum Gasteiger partial charge on any atom is -0.336 e. The van der Waals surface area contributed by atoms with Crippen molar-refractivity contribution in [2.45, 2.75) is 43.8 Å². The number of hydrogen-bond acceptors (Lipinski definition) is 6. The van der Waals surface area contributed by atoms with Gasteiger partial charge in [-0.15, -0.1) is 0 Å². The minimum absolute atomic E-state index is 0.0689. The fourth-order valence-electron chi connectivity index (χ4n) is 6.06. The molecule has 3 N–H and O–H groups in total. The zero-order chi connectivity index (χ0) is 25.3. The summed E-state index contributed by atoms with van der Waals surface area (Å²) in [7, 11) is 0. The molecular formula is C27H22F2N8. The van der Waals surface area contributed by atoms with E-state index in [-0.39, 0.29) is 29.3 Å². The Hall–Kier alpha value is -4.36. The summed E-state index contributed by atoms with van der Waals surface area (Å²) in [6.45, 7) is 0. The van der Waals surface area contributed by atoms with Crippen molar-refractivity contribution in [3.8, 4) is 28.5 Å². The molecule has 2 unspecified atom stereocenters. The van der Waals surface area contributed by atoms with Crippen molar-refractivity contribution in [1.29, 1.82) is 5.26 Å². The van der Waals surface area contributed by atoms with Gasteiger partial charge in [-0.1, -0.05) is 6.07 Å². The zero-order valence-electron chi connectivity index (χ0n) is 19.7. The average molecular weight is 497 g/mol. The highest BCUT2D eigenvalue weighted by atomic mass is 19.1. The van der Waals surface area contributed by atoms with Crippen LogP contribution in [0.5, 0.6) is 0 Å². The van der Waals surface area contributed by atoms with Gasteiger partial charge in [0.25, 0.3) is 0 Å². The van der Waals surface area contributed by atoms with Crippen LogP contribution >= 0.6 is 0 Å². The Labute approximate surface area is 210 Å². The number of aromatic amines is 1.